The SMILES string of the molecule is N#Cc1ccnnc1N1CCC(N)C1. The Morgan fingerprint density at radius 3 is 3.14 bits per heavy atom. The van der Waals surface area contributed by atoms with Crippen LogP contribution in [0.25, 0.3) is 0 Å². The Labute approximate surface area is 82.2 Å². The summed E-state index contributed by atoms with van der Waals surface area (Å²) in [4.78, 5) is 2.01. The first-order valence-corrected chi connectivity index (χ1v) is 4.53. The van der Waals surface area contributed by atoms with Gasteiger partial charge in [-0.25, -0.2) is 0 Å². The molecule has 0 radical (unpaired) electrons. The lowest BCUT2D eigenvalue weighted by Gasteiger charge is -2.16. The van der Waals surface area contributed by atoms with Crippen molar-refractivity contribution < 1.29 is 0 Å². The molecule has 5 nitrogen and oxygen atoms in total. The lowest BCUT2D eigenvalue weighted by atomic mass is 10.3. The summed E-state index contributed by atoms with van der Waals surface area (Å²) in [6.07, 6.45) is 2.47. The Hall–Kier alpha value is -1.67. The molecule has 1 aliphatic rings. The maximum absolute atomic E-state index is 8.87. The van der Waals surface area contributed by atoms with Crippen LogP contribution in [0.3, 0.4) is 0 Å². The van der Waals surface area contributed by atoms with Crippen LogP contribution >= 0.6 is 0 Å². The van der Waals surface area contributed by atoms with Crippen LogP contribution in [0.2, 0.25) is 0 Å². The highest BCUT2D eigenvalue weighted by Gasteiger charge is 2.22. The predicted molar refractivity (Wildman–Crippen MR) is 51.6 cm³/mol. The second-order valence-electron chi connectivity index (χ2n) is 3.38. The van der Waals surface area contributed by atoms with E-state index < -0.39 is 0 Å². The lowest BCUT2D eigenvalue weighted by Crippen LogP contribution is -2.27. The summed E-state index contributed by atoms with van der Waals surface area (Å²) in [5.74, 6) is 0.656. The molecule has 1 fully saturated rings. The van der Waals surface area contributed by atoms with E-state index in [-0.39, 0.29) is 6.04 Å². The lowest BCUT2D eigenvalue weighted by molar-refractivity contribution is 0.750. The normalized spacial score (nSPS) is 20.9. The smallest absolute Gasteiger partial charge is 0.169 e. The summed E-state index contributed by atoms with van der Waals surface area (Å²) in [5, 5.41) is 16.6. The third-order valence-corrected chi connectivity index (χ3v) is 2.35. The Balaban J connectivity index is 2.28. The van der Waals surface area contributed by atoms with Crippen molar-refractivity contribution in [2.45, 2.75) is 12.5 Å². The number of hydrogen-bond donors (Lipinski definition) is 1. The Kier molecular flexibility index (Phi) is 2.29. The van der Waals surface area contributed by atoms with E-state index in [1.165, 1.54) is 6.20 Å². The van der Waals surface area contributed by atoms with Gasteiger partial charge in [-0.1, -0.05) is 0 Å². The topological polar surface area (TPSA) is 78.8 Å². The molecule has 0 spiro atoms. The van der Waals surface area contributed by atoms with Crippen LogP contribution in [0.1, 0.15) is 12.0 Å². The number of nitrogens with two attached hydrogens (primary N) is 1. The molecule has 0 bridgehead atoms. The molecule has 0 aliphatic carbocycles. The Morgan fingerprint density at radius 1 is 1.64 bits per heavy atom. The summed E-state index contributed by atoms with van der Waals surface area (Å²) in [5.41, 5.74) is 6.35. The van der Waals surface area contributed by atoms with Crippen LogP contribution in [-0.2, 0) is 0 Å². The highest BCUT2D eigenvalue weighted by Crippen LogP contribution is 2.19. The van der Waals surface area contributed by atoms with Crippen molar-refractivity contribution in [2.24, 2.45) is 5.73 Å². The van der Waals surface area contributed by atoms with Crippen molar-refractivity contribution >= 4 is 5.82 Å². The molecule has 2 rings (SSSR count). The van der Waals surface area contributed by atoms with Gasteiger partial charge in [0.25, 0.3) is 0 Å². The number of aromatic nitrogens is 2. The molecule has 14 heavy (non-hydrogen) atoms. The van der Waals surface area contributed by atoms with Crippen molar-refractivity contribution in [1.29, 1.82) is 5.26 Å². The van der Waals surface area contributed by atoms with Crippen molar-refractivity contribution in [1.82, 2.24) is 10.2 Å². The van der Waals surface area contributed by atoms with E-state index in [1.54, 1.807) is 6.07 Å². The van der Waals surface area contributed by atoms with Gasteiger partial charge in [-0.15, -0.1) is 5.10 Å². The second kappa shape index (κ2) is 3.60. The fourth-order valence-corrected chi connectivity index (χ4v) is 1.62. The Bertz CT molecular complexity index is 370. The molecule has 1 aromatic rings. The highest BCUT2D eigenvalue weighted by molar-refractivity contribution is 5.53. The van der Waals surface area contributed by atoms with Crippen molar-refractivity contribution in [2.75, 3.05) is 18.0 Å². The van der Waals surface area contributed by atoms with Gasteiger partial charge in [0.15, 0.2) is 5.82 Å². The first kappa shape index (κ1) is 8.91. The summed E-state index contributed by atoms with van der Waals surface area (Å²) >= 11 is 0. The van der Waals surface area contributed by atoms with Crippen molar-refractivity contribution in [3.63, 3.8) is 0 Å². The summed E-state index contributed by atoms with van der Waals surface area (Å²) < 4.78 is 0. The minimum absolute atomic E-state index is 0.184. The van der Waals surface area contributed by atoms with E-state index in [4.69, 9.17) is 11.0 Å². The molecular weight excluding hydrogens is 178 g/mol. The molecule has 0 amide bonds. The van der Waals surface area contributed by atoms with Gasteiger partial charge in [0.05, 0.1) is 11.8 Å². The number of hydrogen-bond acceptors (Lipinski definition) is 5. The maximum atomic E-state index is 8.87. The van der Waals surface area contributed by atoms with E-state index in [0.717, 1.165) is 19.5 Å². The zero-order valence-corrected chi connectivity index (χ0v) is 7.72. The molecule has 2 N–H and O–H groups in total. The zero-order valence-electron chi connectivity index (χ0n) is 7.72. The van der Waals surface area contributed by atoms with Crippen molar-refractivity contribution in [3.05, 3.63) is 17.8 Å². The average molecular weight is 189 g/mol. The van der Waals surface area contributed by atoms with Crippen LogP contribution in [-0.4, -0.2) is 29.3 Å². The molecule has 0 aromatic carbocycles. The largest absolute Gasteiger partial charge is 0.352 e. The molecule has 0 saturated carbocycles. The van der Waals surface area contributed by atoms with E-state index in [0.29, 0.717) is 11.4 Å². The van der Waals surface area contributed by atoms with E-state index in [9.17, 15) is 0 Å². The van der Waals surface area contributed by atoms with Gasteiger partial charge in [-0.3, -0.25) is 0 Å². The second-order valence-corrected chi connectivity index (χ2v) is 3.38. The van der Waals surface area contributed by atoms with Gasteiger partial charge in [-0.2, -0.15) is 10.4 Å². The maximum Gasteiger partial charge on any atom is 0.169 e. The minimum Gasteiger partial charge on any atom is -0.352 e. The number of rotatable bonds is 1. The van der Waals surface area contributed by atoms with Gasteiger partial charge in [-0.05, 0) is 12.5 Å². The predicted octanol–water partition coefficient (Wildman–Crippen LogP) is -0.114. The van der Waals surface area contributed by atoms with Crippen LogP contribution in [0.15, 0.2) is 12.3 Å². The van der Waals surface area contributed by atoms with Gasteiger partial charge < -0.3 is 10.6 Å². The quantitative estimate of drug-likeness (QED) is 0.666. The first-order chi connectivity index (χ1) is 6.81. The molecule has 72 valence electrons. The van der Waals surface area contributed by atoms with E-state index in [1.807, 2.05) is 4.90 Å². The first-order valence-electron chi connectivity index (χ1n) is 4.53. The zero-order chi connectivity index (χ0) is 9.97. The van der Waals surface area contributed by atoms with Gasteiger partial charge in [0, 0.05) is 19.1 Å². The molecule has 5 heteroatoms. The van der Waals surface area contributed by atoms with Crippen LogP contribution in [0.5, 0.6) is 0 Å². The third kappa shape index (κ3) is 1.52. The van der Waals surface area contributed by atoms with Crippen LogP contribution in [0.4, 0.5) is 5.82 Å². The molecular formula is C9H11N5. The number of nitriles is 1. The van der Waals surface area contributed by atoms with Crippen LogP contribution < -0.4 is 10.6 Å². The van der Waals surface area contributed by atoms with Crippen molar-refractivity contribution in [3.8, 4) is 6.07 Å². The van der Waals surface area contributed by atoms with E-state index in [2.05, 4.69) is 16.3 Å². The molecule has 1 saturated heterocycles. The number of nitrogens with zero attached hydrogens (tertiary/aromatic N) is 4. The highest BCUT2D eigenvalue weighted by atomic mass is 15.3. The fraction of sp³-hybridized carbons (Fsp3) is 0.444. The molecule has 1 aliphatic heterocycles. The summed E-state index contributed by atoms with van der Waals surface area (Å²) in [7, 11) is 0. The summed E-state index contributed by atoms with van der Waals surface area (Å²) in [6, 6.07) is 3.96. The molecule has 1 atom stereocenters. The van der Waals surface area contributed by atoms with Gasteiger partial charge in [0.1, 0.15) is 6.07 Å². The van der Waals surface area contributed by atoms with E-state index >= 15 is 0 Å². The third-order valence-electron chi connectivity index (χ3n) is 2.35. The average Bonchev–Trinajstić information content (AvgIpc) is 2.65. The fourth-order valence-electron chi connectivity index (χ4n) is 1.62. The number of anilines is 1. The van der Waals surface area contributed by atoms with Crippen LogP contribution in [0, 0.1) is 11.3 Å². The van der Waals surface area contributed by atoms with Gasteiger partial charge in [0.2, 0.25) is 0 Å². The minimum atomic E-state index is 0.184. The monoisotopic (exact) mass is 189 g/mol. The standard InChI is InChI=1S/C9H11N5/c10-5-7-1-3-12-13-9(7)14-4-2-8(11)6-14/h1,3,8H,2,4,6,11H2. The molecule has 1 aromatic heterocycles. The Morgan fingerprint density at radius 2 is 2.50 bits per heavy atom. The summed E-state index contributed by atoms with van der Waals surface area (Å²) in [6.45, 7) is 1.61. The van der Waals surface area contributed by atoms with Gasteiger partial charge >= 0.3 is 0 Å². The molecule has 1 unspecified atom stereocenters. The molecule has 2 heterocycles.